The molecule has 1 aromatic carbocycles. The van der Waals surface area contributed by atoms with Gasteiger partial charge in [0.25, 0.3) is 0 Å². The molecule has 3 aromatic heterocycles. The van der Waals surface area contributed by atoms with Gasteiger partial charge in [-0.1, -0.05) is 0 Å². The lowest BCUT2D eigenvalue weighted by Crippen LogP contribution is -2.06. The van der Waals surface area contributed by atoms with E-state index in [4.69, 9.17) is 10.1 Å². The lowest BCUT2D eigenvalue weighted by molar-refractivity contribution is 0.311. The molecule has 0 spiro atoms. The van der Waals surface area contributed by atoms with E-state index < -0.39 is 0 Å². The average Bonchev–Trinajstić information content (AvgIpc) is 3.06. The first kappa shape index (κ1) is 16.2. The summed E-state index contributed by atoms with van der Waals surface area (Å²) in [4.78, 5) is 8.84. The molecule has 0 radical (unpaired) electrons. The maximum atomic E-state index is 13.3. The summed E-state index contributed by atoms with van der Waals surface area (Å²) in [7, 11) is 0. The summed E-state index contributed by atoms with van der Waals surface area (Å²) in [6.45, 7) is 0.523. The number of halogens is 1. The van der Waals surface area contributed by atoms with Crippen molar-refractivity contribution in [2.45, 2.75) is 0 Å². The van der Waals surface area contributed by atoms with E-state index in [1.54, 1.807) is 24.5 Å². The van der Waals surface area contributed by atoms with Crippen LogP contribution in [-0.4, -0.2) is 32.6 Å². The Labute approximate surface area is 149 Å². The quantitative estimate of drug-likeness (QED) is 0.578. The van der Waals surface area contributed by atoms with Gasteiger partial charge >= 0.3 is 0 Å². The van der Waals surface area contributed by atoms with E-state index in [1.165, 1.54) is 12.1 Å². The van der Waals surface area contributed by atoms with Gasteiger partial charge in [0.15, 0.2) is 0 Å². The molecule has 0 aliphatic carbocycles. The summed E-state index contributed by atoms with van der Waals surface area (Å²) in [5.74, 6) is -0.279. The molecule has 4 aromatic rings. The number of imidazole rings is 1. The van der Waals surface area contributed by atoms with E-state index >= 15 is 0 Å². The highest BCUT2D eigenvalue weighted by molar-refractivity contribution is 5.82. The van der Waals surface area contributed by atoms with Crippen LogP contribution in [0.5, 0.6) is 0 Å². The predicted molar refractivity (Wildman–Crippen MR) is 99.4 cm³/mol. The first-order valence-electron chi connectivity index (χ1n) is 8.29. The van der Waals surface area contributed by atoms with Crippen molar-refractivity contribution < 1.29 is 9.50 Å². The summed E-state index contributed by atoms with van der Waals surface area (Å²) in [6.07, 6.45) is 5.41. The zero-order valence-electron chi connectivity index (χ0n) is 13.9. The third kappa shape index (κ3) is 3.02. The van der Waals surface area contributed by atoms with E-state index in [2.05, 4.69) is 10.3 Å². The fourth-order valence-corrected chi connectivity index (χ4v) is 2.94. The fourth-order valence-electron chi connectivity index (χ4n) is 2.94. The van der Waals surface area contributed by atoms with Crippen LogP contribution >= 0.6 is 0 Å². The van der Waals surface area contributed by atoms with Gasteiger partial charge < -0.3 is 10.4 Å². The molecule has 0 bridgehead atoms. The number of hydrogen-bond donors (Lipinski definition) is 2. The molecule has 0 atom stereocenters. The van der Waals surface area contributed by atoms with Gasteiger partial charge in [0.2, 0.25) is 0 Å². The third-order valence-corrected chi connectivity index (χ3v) is 4.13. The molecule has 2 N–H and O–H groups in total. The molecule has 6 heteroatoms. The van der Waals surface area contributed by atoms with E-state index in [0.717, 1.165) is 33.8 Å². The first-order chi connectivity index (χ1) is 12.8. The standard InChI is InChI=1S/C20H17FN4O/c21-16-3-1-14(2-4-16)19-20(15-7-9-22-10-8-15)25-13-17(23-11-12-26)5-6-18(25)24-19/h1-10,13,23,26H,11-12H2. The molecule has 4 rings (SSSR count). The van der Waals surface area contributed by atoms with Crippen molar-refractivity contribution in [2.75, 3.05) is 18.5 Å². The summed E-state index contributed by atoms with van der Waals surface area (Å²) < 4.78 is 15.3. The Balaban J connectivity index is 1.94. The summed E-state index contributed by atoms with van der Waals surface area (Å²) >= 11 is 0. The van der Waals surface area contributed by atoms with E-state index in [9.17, 15) is 4.39 Å². The van der Waals surface area contributed by atoms with Crippen LogP contribution in [0.15, 0.2) is 67.1 Å². The van der Waals surface area contributed by atoms with Gasteiger partial charge in [-0.05, 0) is 48.5 Å². The Kier molecular flexibility index (Phi) is 4.33. The van der Waals surface area contributed by atoms with Gasteiger partial charge in [-0.25, -0.2) is 9.37 Å². The number of aliphatic hydroxyl groups excluding tert-OH is 1. The monoisotopic (exact) mass is 348 g/mol. The second-order valence-electron chi connectivity index (χ2n) is 5.85. The number of aliphatic hydroxyl groups is 1. The van der Waals surface area contributed by atoms with Crippen molar-refractivity contribution in [3.8, 4) is 22.5 Å². The van der Waals surface area contributed by atoms with E-state index in [-0.39, 0.29) is 12.4 Å². The number of hydrogen-bond acceptors (Lipinski definition) is 4. The predicted octanol–water partition coefficient (Wildman–Crippen LogP) is 3.61. The Morgan fingerprint density at radius 3 is 2.46 bits per heavy atom. The number of pyridine rings is 2. The molecule has 0 unspecified atom stereocenters. The highest BCUT2D eigenvalue weighted by Gasteiger charge is 2.16. The largest absolute Gasteiger partial charge is 0.395 e. The van der Waals surface area contributed by atoms with E-state index in [0.29, 0.717) is 6.54 Å². The Morgan fingerprint density at radius 1 is 0.962 bits per heavy atom. The van der Waals surface area contributed by atoms with Gasteiger partial charge in [0.05, 0.1) is 23.7 Å². The number of nitrogens with one attached hydrogen (secondary N) is 1. The highest BCUT2D eigenvalue weighted by atomic mass is 19.1. The van der Waals surface area contributed by atoms with Crippen molar-refractivity contribution in [1.29, 1.82) is 0 Å². The topological polar surface area (TPSA) is 62.5 Å². The van der Waals surface area contributed by atoms with Gasteiger partial charge in [-0.2, -0.15) is 0 Å². The number of benzene rings is 1. The molecular weight excluding hydrogens is 331 g/mol. The normalized spacial score (nSPS) is 11.0. The molecule has 0 aliphatic rings. The Morgan fingerprint density at radius 2 is 1.73 bits per heavy atom. The van der Waals surface area contributed by atoms with Crippen LogP contribution in [0.25, 0.3) is 28.2 Å². The lowest BCUT2D eigenvalue weighted by atomic mass is 10.1. The SMILES string of the molecule is OCCNc1ccc2nc(-c3ccc(F)cc3)c(-c3ccncc3)n2c1. The zero-order chi connectivity index (χ0) is 17.9. The Bertz CT molecular complexity index is 1030. The molecule has 130 valence electrons. The average molecular weight is 348 g/mol. The minimum atomic E-state index is -0.279. The summed E-state index contributed by atoms with van der Waals surface area (Å²) in [6, 6.07) is 14.0. The number of nitrogens with zero attached hydrogens (tertiary/aromatic N) is 3. The van der Waals surface area contributed by atoms with Crippen molar-refractivity contribution >= 4 is 11.3 Å². The van der Waals surface area contributed by atoms with Crippen LogP contribution in [-0.2, 0) is 0 Å². The van der Waals surface area contributed by atoms with Gasteiger partial charge in [-0.15, -0.1) is 0 Å². The highest BCUT2D eigenvalue weighted by Crippen LogP contribution is 2.33. The van der Waals surface area contributed by atoms with Gasteiger partial charge in [0.1, 0.15) is 11.5 Å². The number of rotatable bonds is 5. The lowest BCUT2D eigenvalue weighted by Gasteiger charge is -2.08. The molecular formula is C20H17FN4O. The maximum Gasteiger partial charge on any atom is 0.138 e. The van der Waals surface area contributed by atoms with Crippen molar-refractivity contribution in [3.05, 3.63) is 72.9 Å². The second kappa shape index (κ2) is 6.93. The van der Waals surface area contributed by atoms with Crippen molar-refractivity contribution in [2.24, 2.45) is 0 Å². The first-order valence-corrected chi connectivity index (χ1v) is 8.29. The molecule has 0 fully saturated rings. The zero-order valence-corrected chi connectivity index (χ0v) is 13.9. The smallest absolute Gasteiger partial charge is 0.138 e. The molecule has 0 aliphatic heterocycles. The van der Waals surface area contributed by atoms with Crippen molar-refractivity contribution in [3.63, 3.8) is 0 Å². The maximum absolute atomic E-state index is 13.3. The minimum absolute atomic E-state index is 0.0556. The third-order valence-electron chi connectivity index (χ3n) is 4.13. The number of fused-ring (bicyclic) bond motifs is 1. The van der Waals surface area contributed by atoms with Crippen LogP contribution in [0.1, 0.15) is 0 Å². The molecule has 3 heterocycles. The molecule has 0 amide bonds. The van der Waals surface area contributed by atoms with E-state index in [1.807, 2.05) is 34.9 Å². The Hall–Kier alpha value is -3.25. The minimum Gasteiger partial charge on any atom is -0.395 e. The van der Waals surface area contributed by atoms with Crippen LogP contribution in [0, 0.1) is 5.82 Å². The molecule has 5 nitrogen and oxygen atoms in total. The molecule has 0 saturated heterocycles. The van der Waals surface area contributed by atoms with Gasteiger partial charge in [0, 0.05) is 36.3 Å². The van der Waals surface area contributed by atoms with Gasteiger partial charge in [-0.3, -0.25) is 9.38 Å². The summed E-state index contributed by atoms with van der Waals surface area (Å²) in [5.41, 5.74) is 5.14. The number of anilines is 1. The van der Waals surface area contributed by atoms with Crippen LogP contribution in [0.3, 0.4) is 0 Å². The van der Waals surface area contributed by atoms with Crippen molar-refractivity contribution in [1.82, 2.24) is 14.4 Å². The van der Waals surface area contributed by atoms with Crippen LogP contribution in [0.2, 0.25) is 0 Å². The summed E-state index contributed by atoms with van der Waals surface area (Å²) in [5, 5.41) is 12.2. The number of aromatic nitrogens is 3. The molecule has 0 saturated carbocycles. The second-order valence-corrected chi connectivity index (χ2v) is 5.85. The van der Waals surface area contributed by atoms with Crippen LogP contribution < -0.4 is 5.32 Å². The fraction of sp³-hybridized carbons (Fsp3) is 0.100. The van der Waals surface area contributed by atoms with Crippen LogP contribution in [0.4, 0.5) is 10.1 Å². The molecule has 26 heavy (non-hydrogen) atoms.